The van der Waals surface area contributed by atoms with E-state index in [-0.39, 0.29) is 0 Å². The van der Waals surface area contributed by atoms with Gasteiger partial charge in [-0.3, -0.25) is 0 Å². The van der Waals surface area contributed by atoms with Gasteiger partial charge in [-0.25, -0.2) is 0 Å². The number of benzene rings is 1. The minimum Gasteiger partial charge on any atom is -0.314 e. The smallest absolute Gasteiger partial charge is 0.0406 e. The fraction of sp³-hybridized carbons (Fsp3) is 0.625. The molecule has 0 aliphatic rings. The average molecular weight is 268 g/mol. The summed E-state index contributed by atoms with van der Waals surface area (Å²) >= 11 is 5.92. The van der Waals surface area contributed by atoms with Crippen molar-refractivity contribution in [2.45, 2.75) is 52.5 Å². The third-order valence-electron chi connectivity index (χ3n) is 3.22. The van der Waals surface area contributed by atoms with Gasteiger partial charge < -0.3 is 5.32 Å². The van der Waals surface area contributed by atoms with E-state index in [1.807, 2.05) is 12.1 Å². The molecule has 102 valence electrons. The molecule has 1 unspecified atom stereocenters. The molecule has 0 aliphatic carbocycles. The van der Waals surface area contributed by atoms with Crippen LogP contribution in [0.4, 0.5) is 0 Å². The third kappa shape index (κ3) is 6.42. The van der Waals surface area contributed by atoms with Gasteiger partial charge in [0.25, 0.3) is 0 Å². The van der Waals surface area contributed by atoms with Crippen LogP contribution < -0.4 is 5.32 Å². The third-order valence-corrected chi connectivity index (χ3v) is 3.47. The van der Waals surface area contributed by atoms with Gasteiger partial charge in [0, 0.05) is 11.1 Å². The molecule has 1 aromatic carbocycles. The lowest BCUT2D eigenvalue weighted by Gasteiger charge is -2.19. The lowest BCUT2D eigenvalue weighted by molar-refractivity contribution is 0.410. The van der Waals surface area contributed by atoms with Crippen molar-refractivity contribution in [3.63, 3.8) is 0 Å². The molecule has 1 N–H and O–H groups in total. The first-order valence-corrected chi connectivity index (χ1v) is 7.47. The molecule has 1 aromatic rings. The van der Waals surface area contributed by atoms with Crippen LogP contribution >= 0.6 is 11.6 Å². The van der Waals surface area contributed by atoms with E-state index in [1.165, 1.54) is 24.8 Å². The molecule has 0 saturated carbocycles. The molecule has 1 nitrogen and oxygen atoms in total. The highest BCUT2D eigenvalue weighted by molar-refractivity contribution is 6.30. The summed E-state index contributed by atoms with van der Waals surface area (Å²) in [5.74, 6) is 0.730. The second-order valence-electron chi connectivity index (χ2n) is 5.40. The molecule has 0 amide bonds. The number of unbranched alkanes of at least 4 members (excludes halogenated alkanes) is 1. The first-order chi connectivity index (χ1) is 8.61. The SMILES string of the molecule is CCCCC(CNC(C)C)Cc1ccc(Cl)cc1. The van der Waals surface area contributed by atoms with E-state index in [4.69, 9.17) is 11.6 Å². The molecule has 1 atom stereocenters. The quantitative estimate of drug-likeness (QED) is 0.721. The van der Waals surface area contributed by atoms with Crippen LogP contribution in [-0.2, 0) is 6.42 Å². The van der Waals surface area contributed by atoms with E-state index in [9.17, 15) is 0 Å². The normalized spacial score (nSPS) is 12.9. The molecule has 0 fully saturated rings. The Labute approximate surface area is 117 Å². The fourth-order valence-electron chi connectivity index (χ4n) is 2.13. The lowest BCUT2D eigenvalue weighted by atomic mass is 9.94. The Morgan fingerprint density at radius 3 is 2.39 bits per heavy atom. The van der Waals surface area contributed by atoms with Gasteiger partial charge in [-0.1, -0.05) is 57.3 Å². The molecule has 18 heavy (non-hydrogen) atoms. The zero-order valence-electron chi connectivity index (χ0n) is 11.9. The molecular weight excluding hydrogens is 242 g/mol. The largest absolute Gasteiger partial charge is 0.314 e. The maximum Gasteiger partial charge on any atom is 0.0406 e. The summed E-state index contributed by atoms with van der Waals surface area (Å²) in [4.78, 5) is 0. The van der Waals surface area contributed by atoms with Gasteiger partial charge in [0.15, 0.2) is 0 Å². The minimum absolute atomic E-state index is 0.569. The van der Waals surface area contributed by atoms with E-state index in [1.54, 1.807) is 0 Å². The Balaban J connectivity index is 2.50. The zero-order valence-corrected chi connectivity index (χ0v) is 12.6. The molecule has 0 aromatic heterocycles. The lowest BCUT2D eigenvalue weighted by Crippen LogP contribution is -2.30. The highest BCUT2D eigenvalue weighted by Crippen LogP contribution is 2.17. The van der Waals surface area contributed by atoms with Gasteiger partial charge in [-0.2, -0.15) is 0 Å². The van der Waals surface area contributed by atoms with Gasteiger partial charge in [0.1, 0.15) is 0 Å². The minimum atomic E-state index is 0.569. The van der Waals surface area contributed by atoms with Crippen molar-refractivity contribution >= 4 is 11.6 Å². The predicted octanol–water partition coefficient (Wildman–Crippen LogP) is 4.69. The van der Waals surface area contributed by atoms with Crippen LogP contribution in [0.2, 0.25) is 5.02 Å². The van der Waals surface area contributed by atoms with Gasteiger partial charge >= 0.3 is 0 Å². The topological polar surface area (TPSA) is 12.0 Å². The Bertz CT molecular complexity index is 318. The molecule has 0 heterocycles. The Morgan fingerprint density at radius 1 is 1.17 bits per heavy atom. The second kappa shape index (κ2) is 8.55. The van der Waals surface area contributed by atoms with Gasteiger partial charge in [-0.05, 0) is 43.0 Å². The van der Waals surface area contributed by atoms with Crippen LogP contribution in [-0.4, -0.2) is 12.6 Å². The number of hydrogen-bond acceptors (Lipinski definition) is 1. The Kier molecular flexibility index (Phi) is 7.38. The summed E-state index contributed by atoms with van der Waals surface area (Å²) in [6.07, 6.45) is 5.05. The average Bonchev–Trinajstić information content (AvgIpc) is 2.35. The number of rotatable bonds is 8. The first kappa shape index (κ1) is 15.5. The van der Waals surface area contributed by atoms with Crippen LogP contribution in [0.5, 0.6) is 0 Å². The molecule has 2 heteroatoms. The Hall–Kier alpha value is -0.530. The zero-order chi connectivity index (χ0) is 13.4. The summed E-state index contributed by atoms with van der Waals surface area (Å²) in [6, 6.07) is 8.85. The summed E-state index contributed by atoms with van der Waals surface area (Å²) in [5, 5.41) is 4.38. The van der Waals surface area contributed by atoms with Crippen LogP contribution in [0, 0.1) is 5.92 Å². The van der Waals surface area contributed by atoms with Crippen molar-refractivity contribution in [3.05, 3.63) is 34.9 Å². The highest BCUT2D eigenvalue weighted by Gasteiger charge is 2.10. The summed E-state index contributed by atoms with van der Waals surface area (Å²) in [5.41, 5.74) is 1.39. The maximum atomic E-state index is 5.92. The molecule has 0 spiro atoms. The number of halogens is 1. The van der Waals surface area contributed by atoms with Crippen molar-refractivity contribution in [2.75, 3.05) is 6.54 Å². The molecule has 0 bridgehead atoms. The number of nitrogens with one attached hydrogen (secondary N) is 1. The molecule has 0 saturated heterocycles. The standard InChI is InChI=1S/C16H26ClN/c1-4-5-6-15(12-18-13(2)3)11-14-7-9-16(17)10-8-14/h7-10,13,15,18H,4-6,11-12H2,1-3H3. The van der Waals surface area contributed by atoms with Crippen LogP contribution in [0.15, 0.2) is 24.3 Å². The van der Waals surface area contributed by atoms with Gasteiger partial charge in [0.05, 0.1) is 0 Å². The van der Waals surface area contributed by atoms with Gasteiger partial charge in [0.2, 0.25) is 0 Å². The van der Waals surface area contributed by atoms with Crippen molar-refractivity contribution in [1.82, 2.24) is 5.32 Å². The van der Waals surface area contributed by atoms with Crippen LogP contribution in [0.1, 0.15) is 45.6 Å². The fourth-order valence-corrected chi connectivity index (χ4v) is 2.25. The second-order valence-corrected chi connectivity index (χ2v) is 5.84. The molecular formula is C16H26ClN. The number of hydrogen-bond donors (Lipinski definition) is 1. The van der Waals surface area contributed by atoms with E-state index < -0.39 is 0 Å². The monoisotopic (exact) mass is 267 g/mol. The summed E-state index contributed by atoms with van der Waals surface area (Å²) in [7, 11) is 0. The van der Waals surface area contributed by atoms with E-state index in [2.05, 4.69) is 38.2 Å². The maximum absolute atomic E-state index is 5.92. The molecule has 0 aliphatic heterocycles. The first-order valence-electron chi connectivity index (χ1n) is 7.09. The van der Waals surface area contributed by atoms with E-state index in [0.29, 0.717) is 6.04 Å². The molecule has 1 rings (SSSR count). The predicted molar refractivity (Wildman–Crippen MR) is 81.3 cm³/mol. The Morgan fingerprint density at radius 2 is 1.83 bits per heavy atom. The summed E-state index contributed by atoms with van der Waals surface area (Å²) in [6.45, 7) is 7.79. The van der Waals surface area contributed by atoms with Crippen molar-refractivity contribution in [2.24, 2.45) is 5.92 Å². The highest BCUT2D eigenvalue weighted by atomic mass is 35.5. The van der Waals surface area contributed by atoms with Crippen molar-refractivity contribution in [1.29, 1.82) is 0 Å². The van der Waals surface area contributed by atoms with Crippen LogP contribution in [0.25, 0.3) is 0 Å². The summed E-state index contributed by atoms with van der Waals surface area (Å²) < 4.78 is 0. The van der Waals surface area contributed by atoms with E-state index in [0.717, 1.165) is 23.9 Å². The van der Waals surface area contributed by atoms with E-state index >= 15 is 0 Å². The van der Waals surface area contributed by atoms with Gasteiger partial charge in [-0.15, -0.1) is 0 Å². The van der Waals surface area contributed by atoms with Crippen molar-refractivity contribution < 1.29 is 0 Å². The van der Waals surface area contributed by atoms with Crippen molar-refractivity contribution in [3.8, 4) is 0 Å². The van der Waals surface area contributed by atoms with Crippen LogP contribution in [0.3, 0.4) is 0 Å². The molecule has 0 radical (unpaired) electrons.